The molecular formula is C15H13N3O5. The number of carboxylic acids is 1. The highest BCUT2D eigenvalue weighted by Crippen LogP contribution is 2.19. The van der Waals surface area contributed by atoms with Crippen molar-refractivity contribution in [1.82, 2.24) is 9.55 Å². The van der Waals surface area contributed by atoms with Gasteiger partial charge in [0.1, 0.15) is 5.56 Å². The van der Waals surface area contributed by atoms with Crippen LogP contribution < -0.4 is 11.2 Å². The summed E-state index contributed by atoms with van der Waals surface area (Å²) in [5, 5.41) is 19.1. The zero-order valence-electron chi connectivity index (χ0n) is 11.9. The fourth-order valence-electron chi connectivity index (χ4n) is 1.89. The van der Waals surface area contributed by atoms with Crippen molar-refractivity contribution in [3.05, 3.63) is 68.9 Å². The summed E-state index contributed by atoms with van der Waals surface area (Å²) >= 11 is 0. The van der Waals surface area contributed by atoms with Crippen molar-refractivity contribution in [3.63, 3.8) is 0 Å². The number of allylic oxidation sites excluding steroid dienone is 1. The molecule has 0 unspecified atom stereocenters. The second-order valence-corrected chi connectivity index (χ2v) is 4.48. The first-order valence-corrected chi connectivity index (χ1v) is 6.49. The number of hydrogen-bond donors (Lipinski definition) is 3. The van der Waals surface area contributed by atoms with Gasteiger partial charge < -0.3 is 10.2 Å². The molecule has 0 aliphatic heterocycles. The molecule has 0 aliphatic rings. The summed E-state index contributed by atoms with van der Waals surface area (Å²) in [4.78, 5) is 40.5. The van der Waals surface area contributed by atoms with Crippen molar-refractivity contribution in [3.8, 4) is 5.88 Å². The molecule has 3 N–H and O–H groups in total. The van der Waals surface area contributed by atoms with E-state index in [4.69, 9.17) is 5.11 Å². The molecule has 0 fully saturated rings. The number of hydrogen-bond acceptors (Lipinski definition) is 5. The number of aromatic amines is 1. The summed E-state index contributed by atoms with van der Waals surface area (Å²) in [7, 11) is 0. The van der Waals surface area contributed by atoms with Gasteiger partial charge in [-0.25, -0.2) is 9.59 Å². The number of benzene rings is 1. The lowest BCUT2D eigenvalue weighted by Gasteiger charge is -2.06. The van der Waals surface area contributed by atoms with Crippen LogP contribution in [0.3, 0.4) is 0 Å². The van der Waals surface area contributed by atoms with Crippen LogP contribution >= 0.6 is 0 Å². The van der Waals surface area contributed by atoms with Gasteiger partial charge in [0.25, 0.3) is 5.56 Å². The first-order chi connectivity index (χ1) is 11.0. The van der Waals surface area contributed by atoms with Crippen molar-refractivity contribution in [1.29, 1.82) is 0 Å². The number of aromatic hydroxyl groups is 1. The molecule has 0 spiro atoms. The largest absolute Gasteiger partial charge is 0.494 e. The van der Waals surface area contributed by atoms with E-state index in [1.807, 2.05) is 4.98 Å². The zero-order valence-corrected chi connectivity index (χ0v) is 11.9. The molecule has 0 bridgehead atoms. The van der Waals surface area contributed by atoms with Crippen molar-refractivity contribution in [2.24, 2.45) is 4.99 Å². The standard InChI is InChI=1S/C15H13N3O5/c1-2-7-18-13(20)10(12(19)17-15(18)23)8-16-11-6-4-3-5-9(11)14(21)22/h2-6,8,20H,1,7H2,(H,21,22)(H,17,19,23). The molecule has 23 heavy (non-hydrogen) atoms. The summed E-state index contributed by atoms with van der Waals surface area (Å²) < 4.78 is 0.902. The highest BCUT2D eigenvalue weighted by Gasteiger charge is 2.12. The fourth-order valence-corrected chi connectivity index (χ4v) is 1.89. The topological polar surface area (TPSA) is 125 Å². The molecule has 0 saturated heterocycles. The number of para-hydroxylation sites is 1. The van der Waals surface area contributed by atoms with E-state index < -0.39 is 23.1 Å². The molecule has 8 heteroatoms. The number of carboxylic acid groups (broad SMARTS) is 1. The van der Waals surface area contributed by atoms with Gasteiger partial charge >= 0.3 is 11.7 Å². The third kappa shape index (κ3) is 3.26. The molecule has 1 aromatic carbocycles. The summed E-state index contributed by atoms with van der Waals surface area (Å²) in [6, 6.07) is 5.93. The minimum Gasteiger partial charge on any atom is -0.494 e. The van der Waals surface area contributed by atoms with Crippen LogP contribution in [0.25, 0.3) is 0 Å². The smallest absolute Gasteiger partial charge is 0.337 e. The number of aliphatic imine (C=N–C) groups is 1. The third-order valence-corrected chi connectivity index (χ3v) is 2.99. The normalized spacial score (nSPS) is 10.8. The highest BCUT2D eigenvalue weighted by atomic mass is 16.4. The quantitative estimate of drug-likeness (QED) is 0.558. The van der Waals surface area contributed by atoms with Crippen LogP contribution in [0.2, 0.25) is 0 Å². The van der Waals surface area contributed by atoms with E-state index in [0.717, 1.165) is 10.8 Å². The number of nitrogens with zero attached hydrogens (tertiary/aromatic N) is 2. The van der Waals surface area contributed by atoms with Gasteiger partial charge in [-0.2, -0.15) is 0 Å². The molecule has 1 aromatic heterocycles. The molecule has 0 atom stereocenters. The van der Waals surface area contributed by atoms with Gasteiger partial charge in [0.15, 0.2) is 0 Å². The Morgan fingerprint density at radius 2 is 2.04 bits per heavy atom. The SMILES string of the molecule is C=CCn1c(O)c(C=Nc2ccccc2C(=O)O)c(=O)[nH]c1=O. The number of aromatic carboxylic acids is 1. The predicted molar refractivity (Wildman–Crippen MR) is 83.8 cm³/mol. The van der Waals surface area contributed by atoms with Crippen LogP contribution in [0, 0.1) is 0 Å². The van der Waals surface area contributed by atoms with Gasteiger partial charge in [0, 0.05) is 12.8 Å². The zero-order chi connectivity index (χ0) is 17.0. The van der Waals surface area contributed by atoms with Crippen molar-refractivity contribution in [2.45, 2.75) is 6.54 Å². The van der Waals surface area contributed by atoms with E-state index in [1.165, 1.54) is 24.3 Å². The number of carbonyl (C=O) groups is 1. The fraction of sp³-hybridized carbons (Fsp3) is 0.0667. The molecular weight excluding hydrogens is 302 g/mol. The number of aromatic nitrogens is 2. The summed E-state index contributed by atoms with van der Waals surface area (Å²) in [5.41, 5.74) is -1.81. The van der Waals surface area contributed by atoms with Crippen LogP contribution in [-0.2, 0) is 6.54 Å². The Bertz CT molecular complexity index is 908. The molecule has 118 valence electrons. The van der Waals surface area contributed by atoms with E-state index in [-0.39, 0.29) is 23.4 Å². The molecule has 0 aliphatic carbocycles. The molecule has 8 nitrogen and oxygen atoms in total. The molecule has 1 heterocycles. The monoisotopic (exact) mass is 315 g/mol. The van der Waals surface area contributed by atoms with Crippen LogP contribution in [0.5, 0.6) is 5.88 Å². The number of nitrogens with one attached hydrogen (secondary N) is 1. The summed E-state index contributed by atoms with van der Waals surface area (Å²) in [6.07, 6.45) is 2.38. The van der Waals surface area contributed by atoms with E-state index in [0.29, 0.717) is 0 Å². The molecule has 2 rings (SSSR count). The van der Waals surface area contributed by atoms with E-state index in [2.05, 4.69) is 11.6 Å². The van der Waals surface area contributed by atoms with Gasteiger partial charge in [0.05, 0.1) is 11.3 Å². The van der Waals surface area contributed by atoms with E-state index in [9.17, 15) is 19.5 Å². The number of rotatable bonds is 5. The highest BCUT2D eigenvalue weighted by molar-refractivity contribution is 5.95. The molecule has 2 aromatic rings. The Balaban J connectivity index is 2.55. The van der Waals surface area contributed by atoms with Crippen LogP contribution in [0.15, 0.2) is 51.5 Å². The Labute approximate surface area is 129 Å². The predicted octanol–water partition coefficient (Wildman–Crippen LogP) is 0.877. The van der Waals surface area contributed by atoms with Crippen LogP contribution in [-0.4, -0.2) is 31.9 Å². The average Bonchev–Trinajstić information content (AvgIpc) is 2.51. The average molecular weight is 315 g/mol. The Kier molecular flexibility index (Phi) is 4.55. The van der Waals surface area contributed by atoms with Crippen molar-refractivity contribution >= 4 is 17.9 Å². The van der Waals surface area contributed by atoms with E-state index >= 15 is 0 Å². The Morgan fingerprint density at radius 1 is 1.35 bits per heavy atom. The Hall–Kier alpha value is -3.42. The van der Waals surface area contributed by atoms with Crippen LogP contribution in [0.4, 0.5) is 5.69 Å². The van der Waals surface area contributed by atoms with Gasteiger partial charge in [-0.1, -0.05) is 18.2 Å². The minimum atomic E-state index is -1.17. The molecule has 0 saturated carbocycles. The summed E-state index contributed by atoms with van der Waals surface area (Å²) in [5.74, 6) is -1.75. The lowest BCUT2D eigenvalue weighted by molar-refractivity contribution is 0.0698. The molecule has 0 amide bonds. The summed E-state index contributed by atoms with van der Waals surface area (Å²) in [6.45, 7) is 3.45. The van der Waals surface area contributed by atoms with E-state index in [1.54, 1.807) is 6.07 Å². The second kappa shape index (κ2) is 6.56. The maximum absolute atomic E-state index is 11.8. The second-order valence-electron chi connectivity index (χ2n) is 4.48. The minimum absolute atomic E-state index is 0.00595. The number of H-pyrrole nitrogens is 1. The maximum atomic E-state index is 11.8. The first kappa shape index (κ1) is 16.0. The molecule has 0 radical (unpaired) electrons. The lowest BCUT2D eigenvalue weighted by atomic mass is 10.2. The Morgan fingerprint density at radius 3 is 2.70 bits per heavy atom. The maximum Gasteiger partial charge on any atom is 0.337 e. The lowest BCUT2D eigenvalue weighted by Crippen LogP contribution is -2.31. The first-order valence-electron chi connectivity index (χ1n) is 6.49. The van der Waals surface area contributed by atoms with Gasteiger partial charge in [-0.3, -0.25) is 19.3 Å². The van der Waals surface area contributed by atoms with Crippen molar-refractivity contribution in [2.75, 3.05) is 0 Å². The van der Waals surface area contributed by atoms with Gasteiger partial charge in [-0.15, -0.1) is 6.58 Å². The van der Waals surface area contributed by atoms with Gasteiger partial charge in [0.2, 0.25) is 5.88 Å². The van der Waals surface area contributed by atoms with Gasteiger partial charge in [-0.05, 0) is 12.1 Å². The van der Waals surface area contributed by atoms with Crippen LogP contribution in [0.1, 0.15) is 15.9 Å². The van der Waals surface area contributed by atoms with Crippen molar-refractivity contribution < 1.29 is 15.0 Å². The third-order valence-electron chi connectivity index (χ3n) is 2.99.